The fourth-order valence-electron chi connectivity index (χ4n) is 1.49. The standard InChI is InChI=1S/C13H9BrFNO3/c1-8-2-4-12(10(14)6-8)19-13-5-3-9(16(17)18)7-11(13)15/h2-7H,1H3. The third kappa shape index (κ3) is 3.08. The molecular formula is C13H9BrFNO3. The summed E-state index contributed by atoms with van der Waals surface area (Å²) in [6.45, 7) is 1.92. The molecule has 0 fully saturated rings. The van der Waals surface area contributed by atoms with Crippen LogP contribution in [0, 0.1) is 22.9 Å². The fourth-order valence-corrected chi connectivity index (χ4v) is 2.07. The second kappa shape index (κ2) is 5.36. The maximum Gasteiger partial charge on any atom is 0.272 e. The molecular weight excluding hydrogens is 317 g/mol. The lowest BCUT2D eigenvalue weighted by atomic mass is 10.2. The maximum atomic E-state index is 13.7. The Bertz CT molecular complexity index is 646. The molecule has 0 N–H and O–H groups in total. The van der Waals surface area contributed by atoms with Crippen molar-refractivity contribution in [1.82, 2.24) is 0 Å². The van der Waals surface area contributed by atoms with E-state index in [0.717, 1.165) is 11.6 Å². The number of benzene rings is 2. The molecule has 0 bridgehead atoms. The summed E-state index contributed by atoms with van der Waals surface area (Å²) in [6, 6.07) is 8.61. The highest BCUT2D eigenvalue weighted by Crippen LogP contribution is 2.32. The lowest BCUT2D eigenvalue weighted by Gasteiger charge is -2.09. The molecule has 0 atom stereocenters. The minimum absolute atomic E-state index is 0.0600. The molecule has 2 aromatic rings. The van der Waals surface area contributed by atoms with Crippen LogP contribution in [0.15, 0.2) is 40.9 Å². The van der Waals surface area contributed by atoms with Crippen LogP contribution in [0.5, 0.6) is 11.5 Å². The molecule has 0 aliphatic carbocycles. The summed E-state index contributed by atoms with van der Waals surface area (Å²) in [6.07, 6.45) is 0. The Morgan fingerprint density at radius 3 is 2.47 bits per heavy atom. The molecule has 0 saturated heterocycles. The lowest BCUT2D eigenvalue weighted by molar-refractivity contribution is -0.385. The van der Waals surface area contributed by atoms with Gasteiger partial charge in [0.15, 0.2) is 11.6 Å². The van der Waals surface area contributed by atoms with Crippen LogP contribution in [0.2, 0.25) is 0 Å². The third-order valence-corrected chi connectivity index (χ3v) is 3.05. The fraction of sp³-hybridized carbons (Fsp3) is 0.0769. The van der Waals surface area contributed by atoms with Crippen LogP contribution in [0.4, 0.5) is 10.1 Å². The van der Waals surface area contributed by atoms with E-state index >= 15 is 0 Å². The number of ether oxygens (including phenoxy) is 1. The van der Waals surface area contributed by atoms with Crippen LogP contribution in [0.3, 0.4) is 0 Å². The zero-order valence-corrected chi connectivity index (χ0v) is 11.5. The zero-order chi connectivity index (χ0) is 14.0. The lowest BCUT2D eigenvalue weighted by Crippen LogP contribution is -1.93. The van der Waals surface area contributed by atoms with E-state index in [2.05, 4.69) is 15.9 Å². The average Bonchev–Trinajstić information content (AvgIpc) is 2.34. The Hall–Kier alpha value is -1.95. The number of halogens is 2. The van der Waals surface area contributed by atoms with Gasteiger partial charge in [0.2, 0.25) is 0 Å². The first-order chi connectivity index (χ1) is 8.97. The molecule has 2 aromatic carbocycles. The first kappa shape index (κ1) is 13.5. The van der Waals surface area contributed by atoms with Gasteiger partial charge in [-0.1, -0.05) is 6.07 Å². The smallest absolute Gasteiger partial charge is 0.272 e. The van der Waals surface area contributed by atoms with Crippen molar-refractivity contribution in [3.8, 4) is 11.5 Å². The Balaban J connectivity index is 2.31. The number of non-ortho nitro benzene ring substituents is 1. The molecule has 98 valence electrons. The van der Waals surface area contributed by atoms with Crippen LogP contribution >= 0.6 is 15.9 Å². The van der Waals surface area contributed by atoms with Crippen LogP contribution in [0.25, 0.3) is 0 Å². The van der Waals surface area contributed by atoms with Gasteiger partial charge < -0.3 is 4.74 Å². The number of nitrogens with zero attached hydrogens (tertiary/aromatic N) is 1. The van der Waals surface area contributed by atoms with Gasteiger partial charge in [0.1, 0.15) is 5.75 Å². The monoisotopic (exact) mass is 325 g/mol. The van der Waals surface area contributed by atoms with E-state index in [1.54, 1.807) is 6.07 Å². The number of hydrogen-bond donors (Lipinski definition) is 0. The van der Waals surface area contributed by atoms with Crippen molar-refractivity contribution >= 4 is 21.6 Å². The summed E-state index contributed by atoms with van der Waals surface area (Å²) in [5.41, 5.74) is 0.719. The van der Waals surface area contributed by atoms with Crippen LogP contribution in [0.1, 0.15) is 5.56 Å². The molecule has 0 amide bonds. The van der Waals surface area contributed by atoms with Crippen molar-refractivity contribution in [3.63, 3.8) is 0 Å². The Morgan fingerprint density at radius 2 is 1.89 bits per heavy atom. The van der Waals surface area contributed by atoms with Gasteiger partial charge in [0, 0.05) is 6.07 Å². The van der Waals surface area contributed by atoms with E-state index in [-0.39, 0.29) is 11.4 Å². The summed E-state index contributed by atoms with van der Waals surface area (Å²) in [5, 5.41) is 10.5. The number of rotatable bonds is 3. The normalized spacial score (nSPS) is 10.3. The predicted molar refractivity (Wildman–Crippen MR) is 72.0 cm³/mol. The molecule has 0 aromatic heterocycles. The summed E-state index contributed by atoms with van der Waals surface area (Å²) in [5.74, 6) is -0.393. The highest BCUT2D eigenvalue weighted by Gasteiger charge is 2.13. The quantitative estimate of drug-likeness (QED) is 0.612. The van der Waals surface area contributed by atoms with Gasteiger partial charge in [0.05, 0.1) is 15.5 Å². The van der Waals surface area contributed by atoms with Gasteiger partial charge in [0.25, 0.3) is 5.69 Å². The SMILES string of the molecule is Cc1ccc(Oc2ccc([N+](=O)[O-])cc2F)c(Br)c1. The van der Waals surface area contributed by atoms with E-state index in [4.69, 9.17) is 4.74 Å². The van der Waals surface area contributed by atoms with E-state index in [0.29, 0.717) is 10.2 Å². The van der Waals surface area contributed by atoms with Crippen molar-refractivity contribution in [2.45, 2.75) is 6.92 Å². The Kier molecular flexibility index (Phi) is 3.80. The van der Waals surface area contributed by atoms with Gasteiger partial charge in [-0.25, -0.2) is 4.39 Å². The molecule has 0 unspecified atom stereocenters. The molecule has 0 spiro atoms. The van der Waals surface area contributed by atoms with E-state index < -0.39 is 10.7 Å². The minimum atomic E-state index is -0.776. The number of nitro groups is 1. The van der Waals surface area contributed by atoms with Crippen molar-refractivity contribution < 1.29 is 14.1 Å². The van der Waals surface area contributed by atoms with E-state index in [1.807, 2.05) is 19.1 Å². The first-order valence-electron chi connectivity index (χ1n) is 5.35. The predicted octanol–water partition coefficient (Wildman–Crippen LogP) is 4.60. The number of nitro benzene ring substituents is 1. The van der Waals surface area contributed by atoms with Gasteiger partial charge in [-0.3, -0.25) is 10.1 Å². The molecule has 19 heavy (non-hydrogen) atoms. The van der Waals surface area contributed by atoms with Gasteiger partial charge in [-0.2, -0.15) is 0 Å². The first-order valence-corrected chi connectivity index (χ1v) is 6.14. The number of hydrogen-bond acceptors (Lipinski definition) is 3. The van der Waals surface area contributed by atoms with Gasteiger partial charge in [-0.05, 0) is 46.6 Å². The maximum absolute atomic E-state index is 13.7. The molecule has 0 saturated carbocycles. The summed E-state index contributed by atoms with van der Waals surface area (Å²) < 4.78 is 19.7. The highest BCUT2D eigenvalue weighted by atomic mass is 79.9. The van der Waals surface area contributed by atoms with Crippen molar-refractivity contribution in [1.29, 1.82) is 0 Å². The van der Waals surface area contributed by atoms with Crippen LogP contribution in [-0.4, -0.2) is 4.92 Å². The van der Waals surface area contributed by atoms with Gasteiger partial charge >= 0.3 is 0 Å². The zero-order valence-electron chi connectivity index (χ0n) is 9.89. The molecule has 6 heteroatoms. The molecule has 0 heterocycles. The topological polar surface area (TPSA) is 52.4 Å². The molecule has 0 aliphatic rings. The van der Waals surface area contributed by atoms with Crippen molar-refractivity contribution in [3.05, 3.63) is 62.4 Å². The Labute approximate surface area is 117 Å². The third-order valence-electron chi connectivity index (χ3n) is 2.43. The summed E-state index contributed by atoms with van der Waals surface area (Å²) >= 11 is 3.31. The summed E-state index contributed by atoms with van der Waals surface area (Å²) in [4.78, 5) is 9.85. The minimum Gasteiger partial charge on any atom is -0.453 e. The highest BCUT2D eigenvalue weighted by molar-refractivity contribution is 9.10. The number of aryl methyl sites for hydroxylation is 1. The van der Waals surface area contributed by atoms with Crippen molar-refractivity contribution in [2.75, 3.05) is 0 Å². The second-order valence-corrected chi connectivity index (χ2v) is 4.76. The van der Waals surface area contributed by atoms with E-state index in [1.165, 1.54) is 12.1 Å². The molecule has 4 nitrogen and oxygen atoms in total. The summed E-state index contributed by atoms with van der Waals surface area (Å²) in [7, 11) is 0. The molecule has 2 rings (SSSR count). The second-order valence-electron chi connectivity index (χ2n) is 3.91. The van der Waals surface area contributed by atoms with Gasteiger partial charge in [-0.15, -0.1) is 0 Å². The average molecular weight is 326 g/mol. The van der Waals surface area contributed by atoms with E-state index in [9.17, 15) is 14.5 Å². The Morgan fingerprint density at radius 1 is 1.21 bits per heavy atom. The van der Waals surface area contributed by atoms with Crippen LogP contribution < -0.4 is 4.74 Å². The molecule has 0 aliphatic heterocycles. The van der Waals surface area contributed by atoms with Crippen LogP contribution in [-0.2, 0) is 0 Å². The largest absolute Gasteiger partial charge is 0.453 e. The molecule has 0 radical (unpaired) electrons. The van der Waals surface area contributed by atoms with Crippen molar-refractivity contribution in [2.24, 2.45) is 0 Å².